The predicted octanol–water partition coefficient (Wildman–Crippen LogP) is 1.49. The lowest BCUT2D eigenvalue weighted by atomic mass is 9.97. The number of carbonyl (C=O) groups excluding carboxylic acids is 2. The molecule has 0 aliphatic carbocycles. The van der Waals surface area contributed by atoms with Gasteiger partial charge in [0.2, 0.25) is 5.91 Å². The molecule has 0 aromatic rings. The molecule has 0 aromatic heterocycles. The molecule has 3 fully saturated rings. The predicted molar refractivity (Wildman–Crippen MR) is 76.0 cm³/mol. The van der Waals surface area contributed by atoms with Gasteiger partial charge >= 0.3 is 0 Å². The zero-order valence-electron chi connectivity index (χ0n) is 11.7. The van der Waals surface area contributed by atoms with Gasteiger partial charge in [-0.1, -0.05) is 11.8 Å². The van der Waals surface area contributed by atoms with Gasteiger partial charge in [-0.05, 0) is 32.7 Å². The second-order valence-electron chi connectivity index (χ2n) is 6.16. The van der Waals surface area contributed by atoms with Crippen molar-refractivity contribution in [1.82, 2.24) is 9.80 Å². The van der Waals surface area contributed by atoms with E-state index in [-0.39, 0.29) is 16.3 Å². The quantitative estimate of drug-likeness (QED) is 0.769. The molecule has 0 spiro atoms. The highest BCUT2D eigenvalue weighted by Crippen LogP contribution is 2.38. The number of hydrogen-bond acceptors (Lipinski definition) is 4. The number of fused-ring (bicyclic) bond motifs is 2. The standard InChI is InChI=1S/C14H22N2O2S/c1-9(17)19-13-7-14(18)16(8-13)12-5-10-3-4-11(6-12)15(10)2/h10-13H,3-8H2,1-2H3. The minimum absolute atomic E-state index is 0.128. The van der Waals surface area contributed by atoms with Gasteiger partial charge in [-0.3, -0.25) is 9.59 Å². The van der Waals surface area contributed by atoms with Crippen LogP contribution in [0.25, 0.3) is 0 Å². The smallest absolute Gasteiger partial charge is 0.224 e. The van der Waals surface area contributed by atoms with Crippen LogP contribution in [0, 0.1) is 0 Å². The molecule has 5 heteroatoms. The summed E-state index contributed by atoms with van der Waals surface area (Å²) in [6.07, 6.45) is 5.36. The van der Waals surface area contributed by atoms with Crippen molar-refractivity contribution in [1.29, 1.82) is 0 Å². The minimum atomic E-state index is 0.128. The van der Waals surface area contributed by atoms with Crippen molar-refractivity contribution >= 4 is 22.8 Å². The van der Waals surface area contributed by atoms with Crippen LogP contribution in [0.4, 0.5) is 0 Å². The highest BCUT2D eigenvalue weighted by atomic mass is 32.2. The number of nitrogens with zero attached hydrogens (tertiary/aromatic N) is 2. The monoisotopic (exact) mass is 282 g/mol. The van der Waals surface area contributed by atoms with E-state index in [1.54, 1.807) is 6.92 Å². The molecule has 2 bridgehead atoms. The first-order valence-electron chi connectivity index (χ1n) is 7.23. The first kappa shape index (κ1) is 13.4. The van der Waals surface area contributed by atoms with E-state index in [1.807, 2.05) is 0 Å². The van der Waals surface area contributed by atoms with E-state index in [4.69, 9.17) is 0 Å². The van der Waals surface area contributed by atoms with Crippen molar-refractivity contribution in [2.24, 2.45) is 0 Å². The van der Waals surface area contributed by atoms with Crippen molar-refractivity contribution < 1.29 is 9.59 Å². The van der Waals surface area contributed by atoms with Crippen LogP contribution < -0.4 is 0 Å². The summed E-state index contributed by atoms with van der Waals surface area (Å²) >= 11 is 1.34. The second kappa shape index (κ2) is 5.09. The van der Waals surface area contributed by atoms with Crippen LogP contribution in [0.1, 0.15) is 39.0 Å². The van der Waals surface area contributed by atoms with Crippen LogP contribution >= 0.6 is 11.8 Å². The van der Waals surface area contributed by atoms with Gasteiger partial charge in [-0.2, -0.15) is 0 Å². The number of likely N-dealkylation sites (tertiary alicyclic amines) is 1. The number of thioether (sulfide) groups is 1. The Balaban J connectivity index is 1.64. The SMILES string of the molecule is CC(=O)SC1CC(=O)N(C2CC3CCC(C2)N3C)C1. The molecule has 0 N–H and O–H groups in total. The fourth-order valence-corrected chi connectivity index (χ4v) is 4.93. The van der Waals surface area contributed by atoms with Crippen molar-refractivity contribution in [3.05, 3.63) is 0 Å². The molecule has 3 aliphatic rings. The highest BCUT2D eigenvalue weighted by Gasteiger charge is 2.44. The average Bonchev–Trinajstić information content (AvgIpc) is 2.76. The Morgan fingerprint density at radius 1 is 1.21 bits per heavy atom. The van der Waals surface area contributed by atoms with Crippen molar-refractivity contribution in [3.8, 4) is 0 Å². The van der Waals surface area contributed by atoms with E-state index in [0.29, 0.717) is 24.5 Å². The maximum atomic E-state index is 12.2. The van der Waals surface area contributed by atoms with E-state index in [1.165, 1.54) is 24.6 Å². The Morgan fingerprint density at radius 2 is 1.84 bits per heavy atom. The van der Waals surface area contributed by atoms with Crippen LogP contribution in [-0.4, -0.2) is 57.8 Å². The van der Waals surface area contributed by atoms with Gasteiger partial charge in [-0.25, -0.2) is 0 Å². The normalized spacial score (nSPS) is 39.1. The molecule has 3 rings (SSSR count). The molecule has 19 heavy (non-hydrogen) atoms. The minimum Gasteiger partial charge on any atom is -0.338 e. The second-order valence-corrected chi connectivity index (χ2v) is 7.63. The number of piperidine rings is 1. The third kappa shape index (κ3) is 2.55. The Kier molecular flexibility index (Phi) is 3.60. The van der Waals surface area contributed by atoms with Crippen LogP contribution in [0.5, 0.6) is 0 Å². The summed E-state index contributed by atoms with van der Waals surface area (Å²) in [6, 6.07) is 1.74. The fourth-order valence-electron chi connectivity index (χ4n) is 4.00. The van der Waals surface area contributed by atoms with Crippen LogP contribution in [-0.2, 0) is 9.59 Å². The third-order valence-corrected chi connectivity index (χ3v) is 5.95. The summed E-state index contributed by atoms with van der Waals surface area (Å²) in [5.74, 6) is 0.257. The van der Waals surface area contributed by atoms with E-state index >= 15 is 0 Å². The molecule has 0 saturated carbocycles. The Bertz CT molecular complexity index is 387. The van der Waals surface area contributed by atoms with Crippen LogP contribution in [0.15, 0.2) is 0 Å². The summed E-state index contributed by atoms with van der Waals surface area (Å²) in [4.78, 5) is 27.9. The van der Waals surface area contributed by atoms with E-state index < -0.39 is 0 Å². The van der Waals surface area contributed by atoms with Gasteiger partial charge in [-0.15, -0.1) is 0 Å². The van der Waals surface area contributed by atoms with Gasteiger partial charge < -0.3 is 9.80 Å². The lowest BCUT2D eigenvalue weighted by Crippen LogP contribution is -2.49. The van der Waals surface area contributed by atoms with Gasteiger partial charge in [0, 0.05) is 43.3 Å². The molecular formula is C14H22N2O2S. The largest absolute Gasteiger partial charge is 0.338 e. The Morgan fingerprint density at radius 3 is 2.42 bits per heavy atom. The number of hydrogen-bond donors (Lipinski definition) is 0. The molecule has 3 unspecified atom stereocenters. The van der Waals surface area contributed by atoms with E-state index in [0.717, 1.165) is 19.4 Å². The third-order valence-electron chi connectivity index (χ3n) is 4.97. The molecule has 1 amide bonds. The maximum absolute atomic E-state index is 12.2. The summed E-state index contributed by atoms with van der Waals surface area (Å²) in [7, 11) is 2.22. The van der Waals surface area contributed by atoms with Crippen molar-refractivity contribution in [2.75, 3.05) is 13.6 Å². The molecule has 3 atom stereocenters. The molecule has 0 aromatic carbocycles. The Labute approximate surface area is 118 Å². The zero-order valence-corrected chi connectivity index (χ0v) is 12.5. The van der Waals surface area contributed by atoms with Crippen LogP contribution in [0.2, 0.25) is 0 Å². The highest BCUT2D eigenvalue weighted by molar-refractivity contribution is 8.14. The van der Waals surface area contributed by atoms with Gasteiger partial charge in [0.25, 0.3) is 0 Å². The average molecular weight is 282 g/mol. The van der Waals surface area contributed by atoms with Crippen molar-refractivity contribution in [3.63, 3.8) is 0 Å². The Hall–Kier alpha value is -0.550. The summed E-state index contributed by atoms with van der Waals surface area (Å²) in [5.41, 5.74) is 0. The van der Waals surface area contributed by atoms with Crippen molar-refractivity contribution in [2.45, 2.75) is 62.4 Å². The summed E-state index contributed by atoms with van der Waals surface area (Å²) in [6.45, 7) is 2.37. The van der Waals surface area contributed by atoms with E-state index in [2.05, 4.69) is 16.8 Å². The first-order chi connectivity index (χ1) is 9.04. The fraction of sp³-hybridized carbons (Fsp3) is 0.857. The van der Waals surface area contributed by atoms with Crippen LogP contribution in [0.3, 0.4) is 0 Å². The number of amides is 1. The zero-order chi connectivity index (χ0) is 13.6. The molecule has 3 heterocycles. The van der Waals surface area contributed by atoms with Gasteiger partial charge in [0.15, 0.2) is 5.12 Å². The number of carbonyl (C=O) groups is 2. The molecule has 3 saturated heterocycles. The molecule has 4 nitrogen and oxygen atoms in total. The molecule has 0 radical (unpaired) electrons. The number of rotatable bonds is 2. The van der Waals surface area contributed by atoms with E-state index in [9.17, 15) is 9.59 Å². The molecule has 106 valence electrons. The van der Waals surface area contributed by atoms with Gasteiger partial charge in [0.1, 0.15) is 0 Å². The molecule has 3 aliphatic heterocycles. The molecular weight excluding hydrogens is 260 g/mol. The van der Waals surface area contributed by atoms with Gasteiger partial charge in [0.05, 0.1) is 0 Å². The lowest BCUT2D eigenvalue weighted by Gasteiger charge is -2.40. The summed E-state index contributed by atoms with van der Waals surface area (Å²) < 4.78 is 0. The topological polar surface area (TPSA) is 40.6 Å². The lowest BCUT2D eigenvalue weighted by molar-refractivity contribution is -0.130. The summed E-state index contributed by atoms with van der Waals surface area (Å²) in [5, 5.41) is 0.311. The first-order valence-corrected chi connectivity index (χ1v) is 8.11. The maximum Gasteiger partial charge on any atom is 0.224 e.